The molecule has 9 nitrogen and oxygen atoms in total. The van der Waals surface area contributed by atoms with Crippen LogP contribution in [0.4, 0.5) is 5.69 Å². The van der Waals surface area contributed by atoms with Crippen molar-refractivity contribution in [3.8, 4) is 16.9 Å². The number of rotatable bonds is 14. The highest BCUT2D eigenvalue weighted by molar-refractivity contribution is 6.02. The lowest BCUT2D eigenvalue weighted by Gasteiger charge is -2.62. The minimum atomic E-state index is -0.883. The monoisotopic (exact) mass is 711 g/mol. The Morgan fingerprint density at radius 3 is 2.46 bits per heavy atom. The molecule has 1 aliphatic heterocycles. The highest BCUT2D eigenvalue weighted by Gasteiger charge is 2.57. The molecule has 0 radical (unpaired) electrons. The van der Waals surface area contributed by atoms with Crippen LogP contribution in [-0.2, 0) is 22.6 Å². The Labute approximate surface area is 309 Å². The van der Waals surface area contributed by atoms with Crippen molar-refractivity contribution in [1.29, 1.82) is 0 Å². The number of hydrogen-bond donors (Lipinski definition) is 3. The number of nitrogens with zero attached hydrogens (tertiary/aromatic N) is 2. The zero-order valence-electron chi connectivity index (χ0n) is 31.8. The molecule has 3 aliphatic carbocycles. The highest BCUT2D eigenvalue weighted by Crippen LogP contribution is 2.61. The Kier molecular flexibility index (Phi) is 11.5. The molecule has 3 saturated carbocycles. The number of carbonyl (C=O) groups excluding carboxylic acids is 2. The number of para-hydroxylation sites is 1. The van der Waals surface area contributed by atoms with E-state index >= 15 is 0 Å². The van der Waals surface area contributed by atoms with Crippen LogP contribution < -0.4 is 15.0 Å². The number of Topliss-reactive ketones (excluding diaryl/α,β-unsaturated/α-hetero) is 1. The quantitative estimate of drug-likeness (QED) is 0.167. The van der Waals surface area contributed by atoms with Crippen LogP contribution in [0.25, 0.3) is 11.1 Å². The van der Waals surface area contributed by atoms with Gasteiger partial charge in [-0.3, -0.25) is 14.4 Å². The zero-order valence-corrected chi connectivity index (χ0v) is 31.8. The van der Waals surface area contributed by atoms with Crippen molar-refractivity contribution in [2.45, 2.75) is 90.6 Å². The maximum Gasteiger partial charge on any atom is 0.240 e. The Hall–Kier alpha value is -3.76. The number of hydrogen-bond acceptors (Lipinski definition) is 8. The van der Waals surface area contributed by atoms with E-state index < -0.39 is 24.2 Å². The molecule has 1 saturated heterocycles. The zero-order chi connectivity index (χ0) is 37.3. The topological polar surface area (TPSA) is 112 Å². The van der Waals surface area contributed by atoms with E-state index in [0.717, 1.165) is 41.6 Å². The predicted octanol–water partition coefficient (Wildman–Crippen LogP) is 6.29. The summed E-state index contributed by atoms with van der Waals surface area (Å²) >= 11 is 0. The fraction of sp³-hybridized carbons (Fsp3) is 0.535. The van der Waals surface area contributed by atoms with E-state index in [1.54, 1.807) is 19.1 Å². The first-order chi connectivity index (χ1) is 24.8. The van der Waals surface area contributed by atoms with Gasteiger partial charge >= 0.3 is 0 Å². The standard InChI is InChI=1S/C43H57N3O6/c1-26-34-22-31(43(34,3)4)23-35(26)44-42(50)40-39(27(2)48)38(25-47)52-46(40)24-30-16-12-17-32(41(30)51-7)29-19-20-33(36(21-29)45(5)6)37(49)18-11-15-28-13-9-8-10-14-28/h8-10,12-14,16-17,19-21,26-27,31,34-35,38-40,47-48H,11,15,18,22-25H2,1-7H3,(H,44,50)/t26-,27-,31+,34-,35-,38-,39-,40-/m0/s1. The summed E-state index contributed by atoms with van der Waals surface area (Å²) in [5.41, 5.74) is 5.56. The summed E-state index contributed by atoms with van der Waals surface area (Å²) in [4.78, 5) is 35.9. The molecule has 1 heterocycles. The average Bonchev–Trinajstić information content (AvgIpc) is 3.50. The molecule has 8 atom stereocenters. The Morgan fingerprint density at radius 1 is 1.08 bits per heavy atom. The van der Waals surface area contributed by atoms with Gasteiger partial charge in [0.15, 0.2) is 5.78 Å². The third-order valence-electron chi connectivity index (χ3n) is 12.5. The van der Waals surface area contributed by atoms with Crippen LogP contribution in [0.1, 0.15) is 74.9 Å². The van der Waals surface area contributed by atoms with Gasteiger partial charge in [0.05, 0.1) is 26.4 Å². The van der Waals surface area contributed by atoms with Gasteiger partial charge in [-0.2, -0.15) is 5.06 Å². The highest BCUT2D eigenvalue weighted by atomic mass is 16.7. The van der Waals surface area contributed by atoms with Crippen molar-refractivity contribution in [2.75, 3.05) is 32.7 Å². The van der Waals surface area contributed by atoms with Crippen molar-refractivity contribution in [3.63, 3.8) is 0 Å². The molecule has 4 aliphatic rings. The number of methoxy groups -OCH3 is 1. The van der Waals surface area contributed by atoms with Crippen LogP contribution in [0.5, 0.6) is 5.75 Å². The van der Waals surface area contributed by atoms with Gasteiger partial charge in [-0.1, -0.05) is 75.4 Å². The molecule has 9 heteroatoms. The van der Waals surface area contributed by atoms with Gasteiger partial charge in [-0.25, -0.2) is 0 Å². The second-order valence-corrected chi connectivity index (χ2v) is 16.1. The number of anilines is 1. The first kappa shape index (κ1) is 38.0. The molecule has 3 aromatic rings. The van der Waals surface area contributed by atoms with Crippen molar-refractivity contribution < 1.29 is 29.4 Å². The van der Waals surface area contributed by atoms with Gasteiger partial charge in [0.1, 0.15) is 17.9 Å². The number of aryl methyl sites for hydroxylation is 1. The van der Waals surface area contributed by atoms with Gasteiger partial charge in [0.25, 0.3) is 0 Å². The molecule has 0 unspecified atom stereocenters. The second-order valence-electron chi connectivity index (χ2n) is 16.1. The molecule has 3 N–H and O–H groups in total. The average molecular weight is 712 g/mol. The number of aliphatic hydroxyl groups excluding tert-OH is 2. The third-order valence-corrected chi connectivity index (χ3v) is 12.5. The third kappa shape index (κ3) is 7.38. The first-order valence-electron chi connectivity index (χ1n) is 18.9. The van der Waals surface area contributed by atoms with Gasteiger partial charge in [-0.05, 0) is 79.0 Å². The van der Waals surface area contributed by atoms with Crippen LogP contribution >= 0.6 is 0 Å². The fourth-order valence-electron chi connectivity index (χ4n) is 9.37. The molecule has 1 amide bonds. The number of ether oxygens (including phenoxy) is 1. The minimum Gasteiger partial charge on any atom is -0.496 e. The summed E-state index contributed by atoms with van der Waals surface area (Å²) in [5, 5.41) is 26.2. The SMILES string of the molecule is COc1c(CN2O[C@@H](CO)[C@H]([C@H](C)O)[C@H]2C(=O)N[C@H]2C[C@H]3C[C@@H]([C@@H]2C)C3(C)C)cccc1-c1ccc(C(=O)CCCc2ccccc2)c(N(C)C)c1. The van der Waals surface area contributed by atoms with Gasteiger partial charge in [0.2, 0.25) is 5.91 Å². The summed E-state index contributed by atoms with van der Waals surface area (Å²) in [6.07, 6.45) is 2.62. The van der Waals surface area contributed by atoms with E-state index in [2.05, 4.69) is 38.2 Å². The minimum absolute atomic E-state index is 0.0522. The maximum absolute atomic E-state index is 14.2. The summed E-state index contributed by atoms with van der Waals surface area (Å²) in [5.74, 6) is 1.42. The molecule has 3 aromatic carbocycles. The number of hydroxylamine groups is 2. The van der Waals surface area contributed by atoms with Gasteiger partial charge in [0, 0.05) is 54.9 Å². The van der Waals surface area contributed by atoms with E-state index in [-0.39, 0.29) is 30.9 Å². The van der Waals surface area contributed by atoms with E-state index in [1.165, 1.54) is 12.0 Å². The Bertz CT molecular complexity index is 1720. The van der Waals surface area contributed by atoms with Crippen LogP contribution in [0.3, 0.4) is 0 Å². The molecule has 2 bridgehead atoms. The van der Waals surface area contributed by atoms with Gasteiger partial charge in [-0.15, -0.1) is 0 Å². The van der Waals surface area contributed by atoms with Crippen LogP contribution in [-0.4, -0.2) is 79.1 Å². The van der Waals surface area contributed by atoms with E-state index in [0.29, 0.717) is 40.9 Å². The lowest BCUT2D eigenvalue weighted by molar-refractivity contribution is -0.183. The largest absolute Gasteiger partial charge is 0.496 e. The summed E-state index contributed by atoms with van der Waals surface area (Å²) < 4.78 is 6.05. The number of benzene rings is 3. The fourth-order valence-corrected chi connectivity index (χ4v) is 9.37. The van der Waals surface area contributed by atoms with Crippen LogP contribution in [0.15, 0.2) is 66.7 Å². The Balaban J connectivity index is 1.23. The smallest absolute Gasteiger partial charge is 0.240 e. The molecule has 280 valence electrons. The molecule has 52 heavy (non-hydrogen) atoms. The molecule has 0 aromatic heterocycles. The normalized spacial score (nSPS) is 27.1. The van der Waals surface area contributed by atoms with Crippen molar-refractivity contribution in [1.82, 2.24) is 10.4 Å². The lowest BCUT2D eigenvalue weighted by atomic mass is 9.45. The molecule has 7 rings (SSSR count). The summed E-state index contributed by atoms with van der Waals surface area (Å²) in [6, 6.07) is 21.2. The molecule has 4 fully saturated rings. The van der Waals surface area contributed by atoms with E-state index in [1.807, 2.05) is 73.6 Å². The number of carbonyl (C=O) groups is 2. The maximum atomic E-state index is 14.2. The van der Waals surface area contributed by atoms with Gasteiger partial charge < -0.3 is 25.2 Å². The van der Waals surface area contributed by atoms with Crippen molar-refractivity contribution >= 4 is 17.4 Å². The van der Waals surface area contributed by atoms with E-state index in [9.17, 15) is 19.8 Å². The number of aliphatic hydroxyl groups is 2. The molecule has 0 spiro atoms. The number of amides is 1. The number of ketones is 1. The number of fused-ring (bicyclic) bond motifs is 2. The van der Waals surface area contributed by atoms with Crippen molar-refractivity contribution in [2.24, 2.45) is 29.1 Å². The lowest BCUT2D eigenvalue weighted by Crippen LogP contribution is -2.62. The van der Waals surface area contributed by atoms with Crippen molar-refractivity contribution in [3.05, 3.63) is 83.4 Å². The first-order valence-corrected chi connectivity index (χ1v) is 18.9. The second kappa shape index (κ2) is 15.7. The van der Waals surface area contributed by atoms with E-state index in [4.69, 9.17) is 9.57 Å². The molecular formula is C43H57N3O6. The Morgan fingerprint density at radius 2 is 1.83 bits per heavy atom. The predicted molar refractivity (Wildman–Crippen MR) is 204 cm³/mol. The van der Waals surface area contributed by atoms with Crippen LogP contribution in [0.2, 0.25) is 0 Å². The summed E-state index contributed by atoms with van der Waals surface area (Å²) in [6.45, 7) is 8.45. The molecular weight excluding hydrogens is 654 g/mol. The summed E-state index contributed by atoms with van der Waals surface area (Å²) in [7, 11) is 5.51. The van der Waals surface area contributed by atoms with Crippen LogP contribution in [0, 0.1) is 29.1 Å². The number of nitrogens with one attached hydrogen (secondary N) is 1.